The monoisotopic (exact) mass is 328 g/mol. The first-order chi connectivity index (χ1) is 10.4. The Balaban J connectivity index is 2.55. The van der Waals surface area contributed by atoms with Crippen molar-refractivity contribution in [1.82, 2.24) is 20.4 Å². The molecule has 7 heteroatoms. The van der Waals surface area contributed by atoms with Gasteiger partial charge in [0, 0.05) is 25.6 Å². The first kappa shape index (κ1) is 18.5. The molecule has 0 aliphatic rings. The van der Waals surface area contributed by atoms with Crippen LogP contribution < -0.4 is 10.6 Å². The highest BCUT2D eigenvalue weighted by Crippen LogP contribution is 2.20. The SMILES string of the molecule is CCCCn1nc(C)c(C(=O)NCCNC(=O)C(C)C)c1Cl. The topological polar surface area (TPSA) is 76.0 Å². The van der Waals surface area contributed by atoms with E-state index in [1.165, 1.54) is 0 Å². The summed E-state index contributed by atoms with van der Waals surface area (Å²) in [7, 11) is 0. The largest absolute Gasteiger partial charge is 0.354 e. The highest BCUT2D eigenvalue weighted by Gasteiger charge is 2.19. The van der Waals surface area contributed by atoms with Gasteiger partial charge in [-0.25, -0.2) is 0 Å². The molecule has 0 aliphatic heterocycles. The molecule has 22 heavy (non-hydrogen) atoms. The molecule has 0 spiro atoms. The first-order valence-corrected chi connectivity index (χ1v) is 8.05. The van der Waals surface area contributed by atoms with Gasteiger partial charge < -0.3 is 10.6 Å². The highest BCUT2D eigenvalue weighted by atomic mass is 35.5. The summed E-state index contributed by atoms with van der Waals surface area (Å²) in [6, 6.07) is 0. The molecule has 2 N–H and O–H groups in total. The molecule has 1 aromatic heterocycles. The minimum atomic E-state index is -0.260. The summed E-state index contributed by atoms with van der Waals surface area (Å²) in [4.78, 5) is 23.6. The average molecular weight is 329 g/mol. The fourth-order valence-electron chi connectivity index (χ4n) is 1.92. The van der Waals surface area contributed by atoms with Crippen molar-refractivity contribution in [3.8, 4) is 0 Å². The van der Waals surface area contributed by atoms with Crippen molar-refractivity contribution in [2.45, 2.75) is 47.1 Å². The zero-order valence-electron chi connectivity index (χ0n) is 13.7. The van der Waals surface area contributed by atoms with E-state index in [1.807, 2.05) is 13.8 Å². The molecule has 0 saturated carbocycles. The van der Waals surface area contributed by atoms with Crippen LogP contribution in [0.3, 0.4) is 0 Å². The lowest BCUT2D eigenvalue weighted by atomic mass is 10.2. The van der Waals surface area contributed by atoms with Crippen LogP contribution in [0.5, 0.6) is 0 Å². The van der Waals surface area contributed by atoms with Crippen molar-refractivity contribution in [3.05, 3.63) is 16.4 Å². The van der Waals surface area contributed by atoms with Crippen molar-refractivity contribution in [3.63, 3.8) is 0 Å². The van der Waals surface area contributed by atoms with Crippen molar-refractivity contribution >= 4 is 23.4 Å². The Morgan fingerprint density at radius 2 is 1.91 bits per heavy atom. The molecule has 0 aromatic carbocycles. The van der Waals surface area contributed by atoms with Gasteiger partial charge in [0.05, 0.1) is 11.3 Å². The minimum Gasteiger partial charge on any atom is -0.354 e. The number of hydrogen-bond donors (Lipinski definition) is 2. The third kappa shape index (κ3) is 5.02. The van der Waals surface area contributed by atoms with E-state index < -0.39 is 0 Å². The van der Waals surface area contributed by atoms with Gasteiger partial charge in [0.1, 0.15) is 5.15 Å². The van der Waals surface area contributed by atoms with Gasteiger partial charge in [-0.2, -0.15) is 5.10 Å². The number of aryl methyl sites for hydroxylation is 2. The zero-order chi connectivity index (χ0) is 16.7. The van der Waals surface area contributed by atoms with E-state index in [9.17, 15) is 9.59 Å². The van der Waals surface area contributed by atoms with E-state index in [1.54, 1.807) is 11.6 Å². The predicted molar refractivity (Wildman–Crippen MR) is 87.1 cm³/mol. The number of unbranched alkanes of at least 4 members (excludes halogenated alkanes) is 1. The van der Waals surface area contributed by atoms with Crippen LogP contribution in [0.4, 0.5) is 0 Å². The summed E-state index contributed by atoms with van der Waals surface area (Å²) < 4.78 is 1.66. The molecule has 0 saturated heterocycles. The minimum absolute atomic E-state index is 0.0316. The number of nitrogens with one attached hydrogen (secondary N) is 2. The van der Waals surface area contributed by atoms with Gasteiger partial charge in [-0.05, 0) is 13.3 Å². The highest BCUT2D eigenvalue weighted by molar-refractivity contribution is 6.33. The second kappa shape index (κ2) is 8.78. The quantitative estimate of drug-likeness (QED) is 0.718. The molecule has 1 aromatic rings. The lowest BCUT2D eigenvalue weighted by molar-refractivity contribution is -0.123. The molecule has 1 rings (SSSR count). The van der Waals surface area contributed by atoms with Crippen molar-refractivity contribution in [2.24, 2.45) is 5.92 Å². The number of hydrogen-bond acceptors (Lipinski definition) is 3. The Morgan fingerprint density at radius 3 is 2.50 bits per heavy atom. The van der Waals surface area contributed by atoms with Gasteiger partial charge in [0.25, 0.3) is 5.91 Å². The second-order valence-corrected chi connectivity index (χ2v) is 5.89. The smallest absolute Gasteiger partial charge is 0.256 e. The lowest BCUT2D eigenvalue weighted by Gasteiger charge is -2.08. The maximum absolute atomic E-state index is 12.2. The van der Waals surface area contributed by atoms with Crippen LogP contribution in [0.15, 0.2) is 0 Å². The molecule has 0 radical (unpaired) electrons. The van der Waals surface area contributed by atoms with Gasteiger partial charge in [-0.3, -0.25) is 14.3 Å². The van der Waals surface area contributed by atoms with Crippen LogP contribution in [0, 0.1) is 12.8 Å². The zero-order valence-corrected chi connectivity index (χ0v) is 14.5. The fraction of sp³-hybridized carbons (Fsp3) is 0.667. The molecule has 0 atom stereocenters. The Hall–Kier alpha value is -1.56. The molecule has 1 heterocycles. The van der Waals surface area contributed by atoms with Crippen LogP contribution in [0.1, 0.15) is 49.7 Å². The van der Waals surface area contributed by atoms with E-state index in [2.05, 4.69) is 22.7 Å². The molecule has 124 valence electrons. The van der Waals surface area contributed by atoms with Gasteiger partial charge in [-0.1, -0.05) is 38.8 Å². The summed E-state index contributed by atoms with van der Waals surface area (Å²) in [6.45, 7) is 8.95. The number of halogens is 1. The van der Waals surface area contributed by atoms with Crippen molar-refractivity contribution < 1.29 is 9.59 Å². The van der Waals surface area contributed by atoms with Gasteiger partial charge in [0.2, 0.25) is 5.91 Å². The van der Waals surface area contributed by atoms with Crippen LogP contribution >= 0.6 is 11.6 Å². The standard InChI is InChI=1S/C15H25ClN4O2/c1-5-6-9-20-13(16)12(11(4)19-20)15(22)18-8-7-17-14(21)10(2)3/h10H,5-9H2,1-4H3,(H,17,21)(H,18,22). The summed E-state index contributed by atoms with van der Waals surface area (Å²) in [5, 5.41) is 10.2. The Morgan fingerprint density at radius 1 is 1.27 bits per heavy atom. The Kier molecular flexibility index (Phi) is 7.38. The van der Waals surface area contributed by atoms with E-state index >= 15 is 0 Å². The molecule has 0 unspecified atom stereocenters. The second-order valence-electron chi connectivity index (χ2n) is 5.53. The number of carbonyl (C=O) groups excluding carboxylic acids is 2. The van der Waals surface area contributed by atoms with Crippen molar-refractivity contribution in [2.75, 3.05) is 13.1 Å². The lowest BCUT2D eigenvalue weighted by Crippen LogP contribution is -2.36. The molecule has 0 bridgehead atoms. The third-order valence-corrected chi connectivity index (χ3v) is 3.63. The predicted octanol–water partition coefficient (Wildman–Crippen LogP) is 2.15. The van der Waals surface area contributed by atoms with E-state index in [4.69, 9.17) is 11.6 Å². The Bertz CT molecular complexity index is 526. The molecule has 2 amide bonds. The number of aromatic nitrogens is 2. The maximum atomic E-state index is 12.2. The van der Waals surface area contributed by atoms with Gasteiger partial charge >= 0.3 is 0 Å². The van der Waals surface area contributed by atoms with E-state index in [0.29, 0.717) is 36.0 Å². The summed E-state index contributed by atoms with van der Waals surface area (Å²) in [6.07, 6.45) is 2.00. The number of amides is 2. The van der Waals surface area contributed by atoms with Crippen LogP contribution in [-0.4, -0.2) is 34.7 Å². The van der Waals surface area contributed by atoms with Crippen LogP contribution in [0.25, 0.3) is 0 Å². The molecular formula is C15H25ClN4O2. The number of nitrogens with zero attached hydrogens (tertiary/aromatic N) is 2. The molecule has 0 aliphatic carbocycles. The summed E-state index contributed by atoms with van der Waals surface area (Å²) in [5.41, 5.74) is 1.03. The number of carbonyl (C=O) groups is 2. The van der Waals surface area contributed by atoms with Crippen LogP contribution in [-0.2, 0) is 11.3 Å². The molecular weight excluding hydrogens is 304 g/mol. The first-order valence-electron chi connectivity index (χ1n) is 7.67. The van der Waals surface area contributed by atoms with Crippen LogP contribution in [0.2, 0.25) is 5.15 Å². The average Bonchev–Trinajstić information content (AvgIpc) is 2.75. The Labute approximate surface area is 136 Å². The molecule has 0 fully saturated rings. The van der Waals surface area contributed by atoms with E-state index in [0.717, 1.165) is 12.8 Å². The normalized spacial score (nSPS) is 10.8. The van der Waals surface area contributed by atoms with Gasteiger partial charge in [-0.15, -0.1) is 0 Å². The maximum Gasteiger partial charge on any atom is 0.256 e. The summed E-state index contributed by atoms with van der Waals surface area (Å²) in [5.74, 6) is -0.357. The molecule has 6 nitrogen and oxygen atoms in total. The third-order valence-electron chi connectivity index (χ3n) is 3.25. The van der Waals surface area contributed by atoms with Gasteiger partial charge in [0.15, 0.2) is 0 Å². The fourth-order valence-corrected chi connectivity index (χ4v) is 2.27. The number of rotatable bonds is 8. The van der Waals surface area contributed by atoms with E-state index in [-0.39, 0.29) is 17.7 Å². The van der Waals surface area contributed by atoms with Crippen molar-refractivity contribution in [1.29, 1.82) is 0 Å². The summed E-state index contributed by atoms with van der Waals surface area (Å²) >= 11 is 6.23.